The fourth-order valence-electron chi connectivity index (χ4n) is 5.00. The molecule has 3 aromatic rings. The second-order valence-corrected chi connectivity index (χ2v) is 17.9. The fourth-order valence-corrected chi connectivity index (χ4v) is 12.6. The Morgan fingerprint density at radius 3 is 1.27 bits per heavy atom. The molecule has 1 N–H and O–H groups in total. The Bertz CT molecular complexity index is 830. The summed E-state index contributed by atoms with van der Waals surface area (Å²) in [5.74, 6) is -0.493. The van der Waals surface area contributed by atoms with Crippen molar-refractivity contribution in [2.24, 2.45) is 0 Å². The van der Waals surface area contributed by atoms with Gasteiger partial charge < -0.3 is 0 Å². The topological polar surface area (TPSA) is 20.2 Å². The molecular formula is C30H40BrOP. The van der Waals surface area contributed by atoms with Gasteiger partial charge in [-0.05, 0) is 0 Å². The van der Waals surface area contributed by atoms with Gasteiger partial charge >= 0.3 is 210 Å². The maximum absolute atomic E-state index is 12.1. The number of hydrogen-bond donors (Lipinski definition) is 1. The van der Waals surface area contributed by atoms with Crippen LogP contribution in [0.25, 0.3) is 0 Å². The molecule has 0 aromatic heterocycles. The Morgan fingerprint density at radius 2 is 0.909 bits per heavy atom. The van der Waals surface area contributed by atoms with Crippen LogP contribution >= 0.6 is 20.8 Å². The van der Waals surface area contributed by atoms with Crippen LogP contribution in [-0.4, -0.2) is 11.0 Å². The van der Waals surface area contributed by atoms with Crippen molar-refractivity contribution >= 4 is 36.7 Å². The van der Waals surface area contributed by atoms with Gasteiger partial charge in [0.1, 0.15) is 0 Å². The average Bonchev–Trinajstić information content (AvgIpc) is 2.88. The Hall–Kier alpha value is -1.47. The van der Waals surface area contributed by atoms with E-state index >= 15 is 0 Å². The maximum atomic E-state index is 12.1. The number of halogens is 1. The number of rotatable bonds is 14. The molecule has 178 valence electrons. The SMILES string of the molecule is CCCCCCCCCCCC(O)P(Br)(c1ccccc1)(c1ccccc1)c1ccccc1. The quantitative estimate of drug-likeness (QED) is 0.166. The van der Waals surface area contributed by atoms with Crippen molar-refractivity contribution in [3.63, 3.8) is 0 Å². The van der Waals surface area contributed by atoms with Gasteiger partial charge in [0.05, 0.1) is 0 Å². The molecule has 0 fully saturated rings. The van der Waals surface area contributed by atoms with Gasteiger partial charge in [-0.2, -0.15) is 0 Å². The summed E-state index contributed by atoms with van der Waals surface area (Å²) in [4.78, 5) is 0. The van der Waals surface area contributed by atoms with Crippen LogP contribution in [-0.2, 0) is 0 Å². The fraction of sp³-hybridized carbons (Fsp3) is 0.400. The summed E-state index contributed by atoms with van der Waals surface area (Å²) in [5, 5.41) is 12.4. The van der Waals surface area contributed by atoms with Crippen LogP contribution in [0.4, 0.5) is 0 Å². The van der Waals surface area contributed by atoms with Gasteiger partial charge in [0.2, 0.25) is 0 Å². The molecule has 3 rings (SSSR count). The van der Waals surface area contributed by atoms with E-state index in [1.807, 2.05) is 0 Å². The second kappa shape index (κ2) is 12.8. The third kappa shape index (κ3) is 5.79. The van der Waals surface area contributed by atoms with Gasteiger partial charge in [-0.3, -0.25) is 0 Å². The summed E-state index contributed by atoms with van der Waals surface area (Å²) >= 11 is 4.38. The first-order valence-electron chi connectivity index (χ1n) is 12.7. The molecule has 33 heavy (non-hydrogen) atoms. The summed E-state index contributed by atoms with van der Waals surface area (Å²) in [5.41, 5.74) is 0. The van der Waals surface area contributed by atoms with E-state index in [0.29, 0.717) is 0 Å². The zero-order valence-corrected chi connectivity index (χ0v) is 22.6. The molecule has 1 unspecified atom stereocenters. The van der Waals surface area contributed by atoms with Crippen LogP contribution in [0.3, 0.4) is 0 Å². The van der Waals surface area contributed by atoms with Gasteiger partial charge in [0.15, 0.2) is 0 Å². The zero-order chi connectivity index (χ0) is 23.4. The van der Waals surface area contributed by atoms with E-state index in [9.17, 15) is 5.11 Å². The van der Waals surface area contributed by atoms with Gasteiger partial charge in [0, 0.05) is 0 Å². The molecule has 1 nitrogen and oxygen atoms in total. The summed E-state index contributed by atoms with van der Waals surface area (Å²) in [6.07, 6.45) is 12.4. The minimum atomic E-state index is -3.27. The summed E-state index contributed by atoms with van der Waals surface area (Å²) in [6, 6.07) is 31.8. The van der Waals surface area contributed by atoms with E-state index in [-0.39, 0.29) is 0 Å². The Morgan fingerprint density at radius 1 is 0.576 bits per heavy atom. The third-order valence-electron chi connectivity index (χ3n) is 6.91. The monoisotopic (exact) mass is 526 g/mol. The van der Waals surface area contributed by atoms with Gasteiger partial charge in [-0.15, -0.1) is 0 Å². The van der Waals surface area contributed by atoms with Crippen molar-refractivity contribution in [3.05, 3.63) is 91.0 Å². The first-order valence-corrected chi connectivity index (χ1v) is 17.0. The molecule has 0 heterocycles. The minimum absolute atomic E-state index is 0.493. The van der Waals surface area contributed by atoms with Crippen LogP contribution in [0.5, 0.6) is 0 Å². The van der Waals surface area contributed by atoms with Crippen molar-refractivity contribution in [1.29, 1.82) is 0 Å². The Kier molecular flexibility index (Phi) is 10.2. The van der Waals surface area contributed by atoms with Crippen molar-refractivity contribution in [2.45, 2.75) is 77.0 Å². The summed E-state index contributed by atoms with van der Waals surface area (Å²) < 4.78 is 0. The van der Waals surface area contributed by atoms with Crippen LogP contribution in [0.2, 0.25) is 0 Å². The predicted octanol–water partition coefficient (Wildman–Crippen LogP) is 8.07. The molecule has 0 amide bonds. The molecule has 0 aliphatic rings. The molecular weight excluding hydrogens is 487 g/mol. The normalized spacial score (nSPS) is 13.8. The van der Waals surface area contributed by atoms with E-state index in [2.05, 4.69) is 113 Å². The van der Waals surface area contributed by atoms with Gasteiger partial charge in [-0.1, -0.05) is 0 Å². The van der Waals surface area contributed by atoms with E-state index < -0.39 is 11.2 Å². The number of benzene rings is 3. The molecule has 3 aromatic carbocycles. The molecule has 3 heteroatoms. The van der Waals surface area contributed by atoms with Gasteiger partial charge in [-0.25, -0.2) is 0 Å². The molecule has 0 spiro atoms. The standard InChI is InChI=1S/C30H40BrOP/c1-2-3-4-5-6-7-8-9-19-26-30(32)33(31,27-20-13-10-14-21-27,28-22-15-11-16-23-28)29-24-17-12-18-25-29/h10-18,20-25,30,32H,2-9,19,26H2,1H3. The Labute approximate surface area is 209 Å². The van der Waals surface area contributed by atoms with Crippen LogP contribution in [0.15, 0.2) is 91.0 Å². The van der Waals surface area contributed by atoms with Crippen LogP contribution < -0.4 is 15.9 Å². The third-order valence-corrected chi connectivity index (χ3v) is 17.3. The number of unbranched alkanes of at least 4 members (excludes halogenated alkanes) is 8. The first-order chi connectivity index (χ1) is 16.1. The molecule has 0 aliphatic heterocycles. The molecule has 0 saturated carbocycles. The van der Waals surface area contributed by atoms with Gasteiger partial charge in [0.25, 0.3) is 0 Å². The summed E-state index contributed by atoms with van der Waals surface area (Å²) in [7, 11) is 0. The zero-order valence-electron chi connectivity index (χ0n) is 20.1. The summed E-state index contributed by atoms with van der Waals surface area (Å²) in [6.45, 7) is 2.27. The number of hydrogen-bond acceptors (Lipinski definition) is 1. The van der Waals surface area contributed by atoms with E-state index in [1.54, 1.807) is 0 Å². The average molecular weight is 528 g/mol. The van der Waals surface area contributed by atoms with E-state index in [0.717, 1.165) is 12.8 Å². The van der Waals surface area contributed by atoms with Crippen LogP contribution in [0, 0.1) is 0 Å². The first kappa shape index (κ1) is 26.1. The predicted molar refractivity (Wildman–Crippen MR) is 152 cm³/mol. The molecule has 0 bridgehead atoms. The van der Waals surface area contributed by atoms with Crippen molar-refractivity contribution < 1.29 is 5.11 Å². The van der Waals surface area contributed by atoms with E-state index in [4.69, 9.17) is 0 Å². The van der Waals surface area contributed by atoms with Crippen molar-refractivity contribution in [2.75, 3.05) is 0 Å². The number of aliphatic hydroxyl groups is 1. The van der Waals surface area contributed by atoms with Crippen LogP contribution in [0.1, 0.15) is 71.1 Å². The van der Waals surface area contributed by atoms with Crippen molar-refractivity contribution in [3.8, 4) is 0 Å². The molecule has 1 atom stereocenters. The van der Waals surface area contributed by atoms with Crippen molar-refractivity contribution in [1.82, 2.24) is 0 Å². The number of aliphatic hydroxyl groups excluding tert-OH is 1. The Balaban J connectivity index is 1.85. The second-order valence-electron chi connectivity index (χ2n) is 9.18. The molecule has 0 aliphatic carbocycles. The molecule has 0 radical (unpaired) electrons. The van der Waals surface area contributed by atoms with E-state index in [1.165, 1.54) is 67.3 Å². The molecule has 0 saturated heterocycles.